The Bertz CT molecular complexity index is 821. The number of carbonyl (C=O) groups excluding carboxylic acids is 2. The number of fused-ring (bicyclic) bond motifs is 1. The van der Waals surface area contributed by atoms with E-state index in [2.05, 4.69) is 10.5 Å². The molecule has 11 nitrogen and oxygen atoms in total. The largest absolute Gasteiger partial charge is 0.453 e. The third kappa shape index (κ3) is 4.21. The third-order valence-electron chi connectivity index (χ3n) is 4.19. The van der Waals surface area contributed by atoms with Crippen LogP contribution in [-0.4, -0.2) is 58.1 Å². The number of aromatic nitrogens is 2. The summed E-state index contributed by atoms with van der Waals surface area (Å²) < 4.78 is 17.8. The van der Waals surface area contributed by atoms with Crippen molar-refractivity contribution in [2.75, 3.05) is 18.7 Å². The Kier molecular flexibility index (Phi) is 6.07. The lowest BCUT2D eigenvalue weighted by Gasteiger charge is -2.25. The van der Waals surface area contributed by atoms with Gasteiger partial charge in [0.25, 0.3) is 0 Å². The molecule has 11 heteroatoms. The van der Waals surface area contributed by atoms with Gasteiger partial charge in [0.05, 0.1) is 19.1 Å². The van der Waals surface area contributed by atoms with Crippen molar-refractivity contribution in [3.05, 3.63) is 34.9 Å². The van der Waals surface area contributed by atoms with E-state index in [4.69, 9.17) is 19.0 Å². The minimum absolute atomic E-state index is 0.0384. The molecule has 3 heterocycles. The molecule has 0 spiro atoms. The van der Waals surface area contributed by atoms with Crippen molar-refractivity contribution in [3.63, 3.8) is 0 Å². The third-order valence-corrected chi connectivity index (χ3v) is 4.19. The number of ether oxygens (including phenoxy) is 3. The number of rotatable bonds is 5. The van der Waals surface area contributed by atoms with Crippen LogP contribution in [-0.2, 0) is 28.6 Å². The second kappa shape index (κ2) is 8.50. The highest BCUT2D eigenvalue weighted by molar-refractivity contribution is 5.82. The number of esters is 1. The van der Waals surface area contributed by atoms with Crippen LogP contribution in [0, 0.1) is 5.92 Å². The van der Waals surface area contributed by atoms with Gasteiger partial charge in [-0.3, -0.25) is 4.57 Å². The van der Waals surface area contributed by atoms with Gasteiger partial charge in [0.15, 0.2) is 18.1 Å². The van der Waals surface area contributed by atoms with Crippen molar-refractivity contribution >= 4 is 17.8 Å². The van der Waals surface area contributed by atoms with Gasteiger partial charge in [0.2, 0.25) is 0 Å². The van der Waals surface area contributed by atoms with Gasteiger partial charge in [-0.2, -0.15) is 4.98 Å². The molecule has 1 aromatic rings. The molecule has 2 N–H and O–H groups in total. The predicted octanol–water partition coefficient (Wildman–Crippen LogP) is -0.474. The van der Waals surface area contributed by atoms with Gasteiger partial charge in [-0.1, -0.05) is 19.9 Å². The maximum atomic E-state index is 12.4. The molecular weight excluding hydrogens is 374 g/mol. The Hall–Kier alpha value is -2.76. The predicted molar refractivity (Wildman–Crippen MR) is 92.8 cm³/mol. The van der Waals surface area contributed by atoms with Crippen molar-refractivity contribution in [1.82, 2.24) is 9.55 Å². The lowest BCUT2D eigenvalue weighted by Crippen LogP contribution is -2.41. The second-order valence-corrected chi connectivity index (χ2v) is 6.53. The van der Waals surface area contributed by atoms with Crippen molar-refractivity contribution in [2.45, 2.75) is 38.4 Å². The van der Waals surface area contributed by atoms with E-state index in [1.807, 2.05) is 0 Å². The average Bonchev–Trinajstić information content (AvgIpc) is 2.97. The van der Waals surface area contributed by atoms with Gasteiger partial charge in [-0.25, -0.2) is 19.9 Å². The SMILES string of the molecule is CC(C)C(=O)ONc1ccn([C@@H]2O[C@H](CO)C3OC(=O)/C=C\CO[C@@H]32)c(=O)n1. The standard InChI is InChI=1S/C17H21N3O8/c1-9(2)16(23)28-19-11-5-6-20(17(24)18-11)15-14-13(10(8-21)26-15)27-12(22)4-3-7-25-14/h3-6,9-10,13-15,21H,7-8H2,1-2H3,(H,18,19,24)/b4-3-/t10-,13?,14+,15-/m1/s1. The number of hydrogen-bond acceptors (Lipinski definition) is 10. The Labute approximate surface area is 159 Å². The molecule has 2 aliphatic rings. The summed E-state index contributed by atoms with van der Waals surface area (Å²) in [6, 6.07) is 1.41. The zero-order chi connectivity index (χ0) is 20.3. The maximum Gasteiger partial charge on any atom is 0.351 e. The van der Waals surface area contributed by atoms with Crippen LogP contribution in [0.4, 0.5) is 5.82 Å². The molecule has 0 amide bonds. The van der Waals surface area contributed by atoms with Crippen LogP contribution in [0.2, 0.25) is 0 Å². The minimum atomic E-state index is -0.964. The van der Waals surface area contributed by atoms with Crippen LogP contribution in [0.15, 0.2) is 29.2 Å². The highest BCUT2D eigenvalue weighted by Gasteiger charge is 2.49. The quantitative estimate of drug-likeness (QED) is 0.497. The van der Waals surface area contributed by atoms with Crippen molar-refractivity contribution < 1.29 is 33.7 Å². The zero-order valence-corrected chi connectivity index (χ0v) is 15.3. The van der Waals surface area contributed by atoms with Crippen LogP contribution in [0.3, 0.4) is 0 Å². The van der Waals surface area contributed by atoms with Gasteiger partial charge in [0.1, 0.15) is 12.2 Å². The fourth-order valence-corrected chi connectivity index (χ4v) is 2.77. The summed E-state index contributed by atoms with van der Waals surface area (Å²) >= 11 is 0. The molecule has 1 fully saturated rings. The first-order chi connectivity index (χ1) is 13.4. The lowest BCUT2D eigenvalue weighted by atomic mass is 10.1. The van der Waals surface area contributed by atoms with Crippen LogP contribution in [0.25, 0.3) is 0 Å². The maximum absolute atomic E-state index is 12.4. The summed E-state index contributed by atoms with van der Waals surface area (Å²) in [5.41, 5.74) is 1.61. The van der Waals surface area contributed by atoms with E-state index in [1.54, 1.807) is 13.8 Å². The summed E-state index contributed by atoms with van der Waals surface area (Å²) in [6.45, 7) is 3.02. The fourth-order valence-electron chi connectivity index (χ4n) is 2.77. The van der Waals surface area contributed by atoms with Crippen LogP contribution in [0.5, 0.6) is 0 Å². The summed E-state index contributed by atoms with van der Waals surface area (Å²) in [4.78, 5) is 44.3. The Morgan fingerprint density at radius 1 is 1.43 bits per heavy atom. The summed E-state index contributed by atoms with van der Waals surface area (Å²) in [5, 5.41) is 9.55. The van der Waals surface area contributed by atoms with E-state index in [9.17, 15) is 19.5 Å². The highest BCUT2D eigenvalue weighted by Crippen LogP contribution is 2.33. The molecule has 28 heavy (non-hydrogen) atoms. The molecule has 4 atom stereocenters. The molecule has 1 aromatic heterocycles. The lowest BCUT2D eigenvalue weighted by molar-refractivity contribution is -0.153. The first-order valence-electron chi connectivity index (χ1n) is 8.71. The Balaban J connectivity index is 1.80. The van der Waals surface area contributed by atoms with Gasteiger partial charge in [-0.05, 0) is 0 Å². The number of hydrogen-bond donors (Lipinski definition) is 2. The molecular formula is C17H21N3O8. The monoisotopic (exact) mass is 395 g/mol. The van der Waals surface area contributed by atoms with Gasteiger partial charge < -0.3 is 24.2 Å². The van der Waals surface area contributed by atoms with Crippen LogP contribution < -0.4 is 11.2 Å². The number of aliphatic hydroxyl groups is 1. The number of carbonyl (C=O) groups is 2. The molecule has 0 aliphatic carbocycles. The second-order valence-electron chi connectivity index (χ2n) is 6.53. The minimum Gasteiger partial charge on any atom is -0.453 e. The number of aliphatic hydroxyl groups excluding tert-OH is 1. The van der Waals surface area contributed by atoms with Crippen LogP contribution in [0.1, 0.15) is 20.1 Å². The smallest absolute Gasteiger partial charge is 0.351 e. The number of nitrogens with zero attached hydrogens (tertiary/aromatic N) is 2. The van der Waals surface area contributed by atoms with E-state index in [-0.39, 0.29) is 18.3 Å². The van der Waals surface area contributed by atoms with Crippen LogP contribution >= 0.6 is 0 Å². The van der Waals surface area contributed by atoms with Crippen molar-refractivity contribution in [3.8, 4) is 0 Å². The number of anilines is 1. The molecule has 0 saturated carbocycles. The van der Waals surface area contributed by atoms with Gasteiger partial charge in [-0.15, -0.1) is 0 Å². The molecule has 0 aromatic carbocycles. The van der Waals surface area contributed by atoms with Crippen molar-refractivity contribution in [2.24, 2.45) is 5.92 Å². The topological polar surface area (TPSA) is 138 Å². The molecule has 2 aliphatic heterocycles. The van der Waals surface area contributed by atoms with E-state index >= 15 is 0 Å². The van der Waals surface area contributed by atoms with Gasteiger partial charge in [0, 0.05) is 18.3 Å². The van der Waals surface area contributed by atoms with E-state index < -0.39 is 48.8 Å². The molecule has 1 unspecified atom stereocenters. The van der Waals surface area contributed by atoms with E-state index in [0.717, 1.165) is 4.57 Å². The molecule has 0 bridgehead atoms. The molecule has 3 rings (SSSR count). The Morgan fingerprint density at radius 2 is 2.21 bits per heavy atom. The highest BCUT2D eigenvalue weighted by atomic mass is 16.7. The summed E-state index contributed by atoms with van der Waals surface area (Å²) in [5.74, 6) is -1.40. The first kappa shape index (κ1) is 20.0. The molecule has 152 valence electrons. The van der Waals surface area contributed by atoms with Gasteiger partial charge >= 0.3 is 17.6 Å². The average molecular weight is 395 g/mol. The Morgan fingerprint density at radius 3 is 2.89 bits per heavy atom. The molecule has 1 saturated heterocycles. The first-order valence-corrected chi connectivity index (χ1v) is 8.71. The number of nitrogens with one attached hydrogen (secondary N) is 1. The zero-order valence-electron chi connectivity index (χ0n) is 15.3. The summed E-state index contributed by atoms with van der Waals surface area (Å²) in [6.07, 6.45) is 0.564. The van der Waals surface area contributed by atoms with E-state index in [0.29, 0.717) is 0 Å². The fraction of sp³-hybridized carbons (Fsp3) is 0.529. The normalized spacial score (nSPS) is 28.1. The summed E-state index contributed by atoms with van der Waals surface area (Å²) in [7, 11) is 0. The molecule has 0 radical (unpaired) electrons. The van der Waals surface area contributed by atoms with Crippen molar-refractivity contribution in [1.29, 1.82) is 0 Å². The van der Waals surface area contributed by atoms with E-state index in [1.165, 1.54) is 24.4 Å².